The lowest BCUT2D eigenvalue weighted by Crippen LogP contribution is -2.08. The van der Waals surface area contributed by atoms with Crippen molar-refractivity contribution in [2.75, 3.05) is 12.4 Å². The fourth-order valence-electron chi connectivity index (χ4n) is 1.76. The van der Waals surface area contributed by atoms with Crippen LogP contribution in [0.4, 0.5) is 5.69 Å². The van der Waals surface area contributed by atoms with Crippen LogP contribution in [-0.2, 0) is 6.54 Å². The largest absolute Gasteiger partial charge is 0.388 e. The van der Waals surface area contributed by atoms with E-state index in [1.807, 2.05) is 13.1 Å². The zero-order chi connectivity index (χ0) is 9.26. The summed E-state index contributed by atoms with van der Waals surface area (Å²) in [6.07, 6.45) is 1.95. The summed E-state index contributed by atoms with van der Waals surface area (Å²) >= 11 is 0. The van der Waals surface area contributed by atoms with Gasteiger partial charge in [0.1, 0.15) is 0 Å². The molecule has 1 aromatic rings. The topological polar surface area (TPSA) is 24.1 Å². The highest BCUT2D eigenvalue weighted by Crippen LogP contribution is 2.27. The van der Waals surface area contributed by atoms with Gasteiger partial charge in [-0.05, 0) is 23.3 Å². The van der Waals surface area contributed by atoms with Crippen molar-refractivity contribution < 1.29 is 0 Å². The maximum Gasteiger partial charge on any atom is 0.0509 e. The van der Waals surface area contributed by atoms with Gasteiger partial charge in [0.15, 0.2) is 0 Å². The Labute approximate surface area is 78.7 Å². The average Bonchev–Trinajstić information content (AvgIpc) is 2.59. The molecule has 0 aromatic heterocycles. The van der Waals surface area contributed by atoms with E-state index < -0.39 is 0 Å². The lowest BCUT2D eigenvalue weighted by Gasteiger charge is -2.06. The molecule has 0 saturated carbocycles. The summed E-state index contributed by atoms with van der Waals surface area (Å²) < 4.78 is 0. The molecule has 2 rings (SSSR count). The minimum Gasteiger partial charge on any atom is -0.388 e. The van der Waals surface area contributed by atoms with Crippen molar-refractivity contribution >= 4 is 5.69 Å². The van der Waals surface area contributed by atoms with Crippen LogP contribution in [0.1, 0.15) is 17.2 Å². The zero-order valence-electron chi connectivity index (χ0n) is 7.80. The van der Waals surface area contributed by atoms with E-state index in [0.29, 0.717) is 6.04 Å². The van der Waals surface area contributed by atoms with Crippen LogP contribution < -0.4 is 10.6 Å². The maximum atomic E-state index is 3.81. The third-order valence-electron chi connectivity index (χ3n) is 2.51. The first-order chi connectivity index (χ1) is 6.35. The van der Waals surface area contributed by atoms with Crippen LogP contribution in [0.15, 0.2) is 30.9 Å². The highest BCUT2D eigenvalue weighted by Gasteiger charge is 2.18. The molecule has 1 unspecified atom stereocenters. The highest BCUT2D eigenvalue weighted by atomic mass is 14.9. The van der Waals surface area contributed by atoms with E-state index in [2.05, 4.69) is 35.4 Å². The van der Waals surface area contributed by atoms with Crippen molar-refractivity contribution in [3.05, 3.63) is 42.0 Å². The molecule has 1 aliphatic heterocycles. The van der Waals surface area contributed by atoms with Crippen molar-refractivity contribution in [2.24, 2.45) is 0 Å². The second kappa shape index (κ2) is 3.23. The molecular formula is C11H14N2. The van der Waals surface area contributed by atoms with Gasteiger partial charge in [-0.2, -0.15) is 0 Å². The Balaban J connectivity index is 2.40. The Hall–Kier alpha value is -1.28. The van der Waals surface area contributed by atoms with Crippen LogP contribution >= 0.6 is 0 Å². The van der Waals surface area contributed by atoms with E-state index in [1.54, 1.807) is 0 Å². The number of fused-ring (bicyclic) bond motifs is 1. The van der Waals surface area contributed by atoms with Gasteiger partial charge >= 0.3 is 0 Å². The Bertz CT molecular complexity index is 331. The molecule has 1 aliphatic rings. The van der Waals surface area contributed by atoms with Gasteiger partial charge in [-0.15, -0.1) is 6.58 Å². The Morgan fingerprint density at radius 1 is 1.62 bits per heavy atom. The molecule has 1 aromatic carbocycles. The molecule has 0 aliphatic carbocycles. The van der Waals surface area contributed by atoms with Gasteiger partial charge in [0.05, 0.1) is 6.04 Å². The zero-order valence-corrected chi connectivity index (χ0v) is 7.80. The highest BCUT2D eigenvalue weighted by molar-refractivity contribution is 5.51. The van der Waals surface area contributed by atoms with Crippen molar-refractivity contribution in [1.82, 2.24) is 5.32 Å². The van der Waals surface area contributed by atoms with Crippen molar-refractivity contribution in [3.8, 4) is 0 Å². The third kappa shape index (κ3) is 1.33. The Morgan fingerprint density at radius 3 is 3.15 bits per heavy atom. The van der Waals surface area contributed by atoms with Crippen molar-refractivity contribution in [3.63, 3.8) is 0 Å². The maximum absolute atomic E-state index is 3.81. The van der Waals surface area contributed by atoms with E-state index in [1.165, 1.54) is 16.8 Å². The molecule has 13 heavy (non-hydrogen) atoms. The van der Waals surface area contributed by atoms with Crippen LogP contribution in [0.25, 0.3) is 0 Å². The molecule has 0 bridgehead atoms. The molecule has 0 fully saturated rings. The molecule has 1 atom stereocenters. The molecule has 2 heteroatoms. The van der Waals surface area contributed by atoms with Gasteiger partial charge < -0.3 is 10.6 Å². The summed E-state index contributed by atoms with van der Waals surface area (Å²) in [5.41, 5.74) is 3.90. The predicted molar refractivity (Wildman–Crippen MR) is 55.8 cm³/mol. The monoisotopic (exact) mass is 174 g/mol. The molecule has 68 valence electrons. The Morgan fingerprint density at radius 2 is 2.46 bits per heavy atom. The van der Waals surface area contributed by atoms with Crippen LogP contribution in [0.5, 0.6) is 0 Å². The third-order valence-corrected chi connectivity index (χ3v) is 2.51. The number of rotatable bonds is 2. The fraction of sp³-hybridized carbons (Fsp3) is 0.273. The average molecular weight is 174 g/mol. The molecule has 2 N–H and O–H groups in total. The van der Waals surface area contributed by atoms with Gasteiger partial charge in [-0.25, -0.2) is 0 Å². The normalized spacial score (nSPS) is 19.6. The fourth-order valence-corrected chi connectivity index (χ4v) is 1.76. The van der Waals surface area contributed by atoms with Crippen LogP contribution in [0, 0.1) is 0 Å². The minimum absolute atomic E-state index is 0.334. The summed E-state index contributed by atoms with van der Waals surface area (Å²) in [7, 11) is 1.94. The molecule has 0 saturated heterocycles. The first kappa shape index (κ1) is 8.32. The second-order valence-corrected chi connectivity index (χ2v) is 3.26. The first-order valence-corrected chi connectivity index (χ1v) is 4.51. The standard InChI is InChI=1S/C11H14N2/c1-3-11-10-5-4-9(12-2)6-8(10)7-13-11/h3-6,11-13H,1,7H2,2H3. The quantitative estimate of drug-likeness (QED) is 0.671. The van der Waals surface area contributed by atoms with E-state index in [9.17, 15) is 0 Å². The van der Waals surface area contributed by atoms with Crippen molar-refractivity contribution in [2.45, 2.75) is 12.6 Å². The van der Waals surface area contributed by atoms with Crippen molar-refractivity contribution in [1.29, 1.82) is 0 Å². The summed E-state index contributed by atoms with van der Waals surface area (Å²) in [6, 6.07) is 6.78. The molecule has 0 amide bonds. The minimum atomic E-state index is 0.334. The number of nitrogens with one attached hydrogen (secondary N) is 2. The smallest absolute Gasteiger partial charge is 0.0509 e. The van der Waals surface area contributed by atoms with E-state index in [4.69, 9.17) is 0 Å². The molecule has 2 nitrogen and oxygen atoms in total. The molecule has 0 spiro atoms. The number of anilines is 1. The first-order valence-electron chi connectivity index (χ1n) is 4.51. The van der Waals surface area contributed by atoms with Crippen LogP contribution in [0.2, 0.25) is 0 Å². The summed E-state index contributed by atoms with van der Waals surface area (Å²) in [5.74, 6) is 0. The lowest BCUT2D eigenvalue weighted by atomic mass is 10.0. The van der Waals surface area contributed by atoms with Gasteiger partial charge in [-0.3, -0.25) is 0 Å². The van der Waals surface area contributed by atoms with E-state index in [0.717, 1.165) is 6.54 Å². The number of benzene rings is 1. The molecule has 1 heterocycles. The Kier molecular flexibility index (Phi) is 2.07. The second-order valence-electron chi connectivity index (χ2n) is 3.26. The van der Waals surface area contributed by atoms with Gasteiger partial charge in [0.2, 0.25) is 0 Å². The van der Waals surface area contributed by atoms with Crippen LogP contribution in [-0.4, -0.2) is 7.05 Å². The predicted octanol–water partition coefficient (Wildman–Crippen LogP) is 2.06. The number of hydrogen-bond donors (Lipinski definition) is 2. The summed E-state index contributed by atoms with van der Waals surface area (Å²) in [6.45, 7) is 4.75. The SMILES string of the molecule is C=CC1NCc2cc(NC)ccc21. The van der Waals surface area contributed by atoms with E-state index >= 15 is 0 Å². The van der Waals surface area contributed by atoms with Gasteiger partial charge in [-0.1, -0.05) is 12.1 Å². The summed E-state index contributed by atoms with van der Waals surface area (Å²) in [5, 5.41) is 6.51. The van der Waals surface area contributed by atoms with E-state index in [-0.39, 0.29) is 0 Å². The number of hydrogen-bond acceptors (Lipinski definition) is 2. The van der Waals surface area contributed by atoms with Gasteiger partial charge in [0.25, 0.3) is 0 Å². The summed E-state index contributed by atoms with van der Waals surface area (Å²) in [4.78, 5) is 0. The molecule has 0 radical (unpaired) electrons. The lowest BCUT2D eigenvalue weighted by molar-refractivity contribution is 0.687. The van der Waals surface area contributed by atoms with Crippen LogP contribution in [0.3, 0.4) is 0 Å². The van der Waals surface area contributed by atoms with Gasteiger partial charge in [0, 0.05) is 19.3 Å². The molecular weight excluding hydrogens is 160 g/mol.